The number of anilines is 4. The number of hydrogen-bond acceptors (Lipinski definition) is 7. The summed E-state index contributed by atoms with van der Waals surface area (Å²) in [6.45, 7) is 6.59. The molecule has 0 saturated carbocycles. The highest BCUT2D eigenvalue weighted by molar-refractivity contribution is 5.99. The van der Waals surface area contributed by atoms with Gasteiger partial charge in [-0.25, -0.2) is 18.7 Å². The van der Waals surface area contributed by atoms with E-state index in [-0.39, 0.29) is 10.9 Å². The molecule has 9 heteroatoms. The predicted octanol–water partition coefficient (Wildman–Crippen LogP) is 5.85. The third-order valence-electron chi connectivity index (χ3n) is 7.30. The molecule has 0 unspecified atom stereocenters. The van der Waals surface area contributed by atoms with Gasteiger partial charge in [0.2, 0.25) is 0 Å². The van der Waals surface area contributed by atoms with E-state index in [9.17, 15) is 4.39 Å². The first-order chi connectivity index (χ1) is 18.6. The molecule has 2 saturated heterocycles. The summed E-state index contributed by atoms with van der Waals surface area (Å²) in [5, 5.41) is 3.78. The van der Waals surface area contributed by atoms with Crippen LogP contribution in [0.25, 0.3) is 22.3 Å². The standard InChI is InChI=1S/C29H30F2N6O/c1-19-27(23-7-3-4-8-32-23)34-24-16-20(30)15-22(31)26(24)28(19)35-25-17-21(36-11-13-38-14-12-36)18-33-29(25)37-9-5-2-6-10-37/h3-4,7-8,15-18H,2,5-6,9-14H2,1H3,(H,34,35). The zero-order valence-electron chi connectivity index (χ0n) is 21.4. The van der Waals surface area contributed by atoms with Crippen molar-refractivity contribution in [1.82, 2.24) is 15.0 Å². The van der Waals surface area contributed by atoms with Crippen molar-refractivity contribution < 1.29 is 13.5 Å². The van der Waals surface area contributed by atoms with E-state index in [4.69, 9.17) is 9.72 Å². The zero-order chi connectivity index (χ0) is 26.1. The summed E-state index contributed by atoms with van der Waals surface area (Å²) in [7, 11) is 0. The minimum absolute atomic E-state index is 0.230. The molecular weight excluding hydrogens is 486 g/mol. The highest BCUT2D eigenvalue weighted by Crippen LogP contribution is 2.39. The van der Waals surface area contributed by atoms with Gasteiger partial charge in [-0.15, -0.1) is 0 Å². The molecule has 0 radical (unpaired) electrons. The van der Waals surface area contributed by atoms with Crippen LogP contribution in [0.4, 0.5) is 31.7 Å². The lowest BCUT2D eigenvalue weighted by Gasteiger charge is -2.32. The van der Waals surface area contributed by atoms with Gasteiger partial charge in [0.15, 0.2) is 5.82 Å². The van der Waals surface area contributed by atoms with Crippen molar-refractivity contribution in [3.63, 3.8) is 0 Å². The Bertz CT molecular complexity index is 1450. The largest absolute Gasteiger partial charge is 0.378 e. The number of rotatable bonds is 5. The van der Waals surface area contributed by atoms with Gasteiger partial charge in [-0.2, -0.15) is 0 Å². The molecule has 4 aromatic rings. The van der Waals surface area contributed by atoms with Crippen LogP contribution in [-0.4, -0.2) is 54.3 Å². The maximum atomic E-state index is 15.4. The number of aromatic nitrogens is 3. The van der Waals surface area contributed by atoms with Crippen LogP contribution in [0.5, 0.6) is 0 Å². The van der Waals surface area contributed by atoms with Crippen LogP contribution in [-0.2, 0) is 4.74 Å². The molecule has 2 aliphatic heterocycles. The second-order valence-electron chi connectivity index (χ2n) is 9.79. The third-order valence-corrected chi connectivity index (χ3v) is 7.30. The fraction of sp³-hybridized carbons (Fsp3) is 0.345. The minimum Gasteiger partial charge on any atom is -0.378 e. The van der Waals surface area contributed by atoms with Crippen LogP contribution < -0.4 is 15.1 Å². The highest BCUT2D eigenvalue weighted by atomic mass is 19.1. The second kappa shape index (κ2) is 10.5. The normalized spacial score (nSPS) is 16.2. The summed E-state index contributed by atoms with van der Waals surface area (Å²) in [5.41, 5.74) is 4.45. The Kier molecular flexibility index (Phi) is 6.76. The zero-order valence-corrected chi connectivity index (χ0v) is 21.4. The Morgan fingerprint density at radius 3 is 2.50 bits per heavy atom. The summed E-state index contributed by atoms with van der Waals surface area (Å²) < 4.78 is 35.2. The molecule has 0 spiro atoms. The van der Waals surface area contributed by atoms with Gasteiger partial charge >= 0.3 is 0 Å². The fourth-order valence-corrected chi connectivity index (χ4v) is 5.34. The fourth-order valence-electron chi connectivity index (χ4n) is 5.34. The van der Waals surface area contributed by atoms with Gasteiger partial charge in [-0.3, -0.25) is 4.98 Å². The van der Waals surface area contributed by atoms with Crippen molar-refractivity contribution in [2.45, 2.75) is 26.2 Å². The smallest absolute Gasteiger partial charge is 0.152 e. The van der Waals surface area contributed by atoms with Crippen molar-refractivity contribution >= 4 is 33.8 Å². The minimum atomic E-state index is -0.672. The van der Waals surface area contributed by atoms with Crippen LogP contribution in [0.15, 0.2) is 48.8 Å². The lowest BCUT2D eigenvalue weighted by Crippen LogP contribution is -2.36. The molecule has 7 nitrogen and oxygen atoms in total. The summed E-state index contributed by atoms with van der Waals surface area (Å²) >= 11 is 0. The summed E-state index contributed by atoms with van der Waals surface area (Å²) in [4.78, 5) is 18.5. The van der Waals surface area contributed by atoms with E-state index in [1.54, 1.807) is 6.20 Å². The maximum Gasteiger partial charge on any atom is 0.152 e. The van der Waals surface area contributed by atoms with E-state index in [1.807, 2.05) is 31.3 Å². The Hall–Kier alpha value is -3.85. The molecule has 196 valence electrons. The summed E-state index contributed by atoms with van der Waals surface area (Å²) in [5.74, 6) is -0.510. The molecule has 0 bridgehead atoms. The third kappa shape index (κ3) is 4.74. The first-order valence-corrected chi connectivity index (χ1v) is 13.1. The maximum absolute atomic E-state index is 15.4. The number of nitrogens with one attached hydrogen (secondary N) is 1. The van der Waals surface area contributed by atoms with E-state index in [2.05, 4.69) is 31.2 Å². The van der Waals surface area contributed by atoms with Crippen LogP contribution in [0.3, 0.4) is 0 Å². The Morgan fingerprint density at radius 1 is 0.921 bits per heavy atom. The van der Waals surface area contributed by atoms with Crippen LogP contribution >= 0.6 is 0 Å². The first kappa shape index (κ1) is 24.5. The molecule has 2 fully saturated rings. The predicted molar refractivity (Wildman–Crippen MR) is 146 cm³/mol. The number of halogens is 2. The molecule has 6 rings (SSSR count). The lowest BCUT2D eigenvalue weighted by molar-refractivity contribution is 0.122. The number of ether oxygens (including phenoxy) is 1. The molecule has 2 aliphatic rings. The molecule has 3 aromatic heterocycles. The van der Waals surface area contributed by atoms with E-state index < -0.39 is 11.6 Å². The van der Waals surface area contributed by atoms with Crippen LogP contribution in [0.2, 0.25) is 0 Å². The number of nitrogens with zero attached hydrogens (tertiary/aromatic N) is 5. The number of benzene rings is 1. The van der Waals surface area contributed by atoms with Gasteiger partial charge < -0.3 is 19.9 Å². The number of piperidine rings is 1. The van der Waals surface area contributed by atoms with Crippen molar-refractivity contribution in [3.8, 4) is 11.4 Å². The van der Waals surface area contributed by atoms with Gasteiger partial charge in [0.1, 0.15) is 11.6 Å². The molecule has 38 heavy (non-hydrogen) atoms. The van der Waals surface area contributed by atoms with Gasteiger partial charge in [0.05, 0.1) is 58.8 Å². The molecule has 1 N–H and O–H groups in total. The average molecular weight is 517 g/mol. The van der Waals surface area contributed by atoms with Crippen molar-refractivity contribution in [3.05, 3.63) is 66.0 Å². The number of fused-ring (bicyclic) bond motifs is 1. The molecular formula is C29H30F2N6O. The summed E-state index contributed by atoms with van der Waals surface area (Å²) in [6, 6.07) is 9.80. The Balaban J connectivity index is 1.52. The van der Waals surface area contributed by atoms with Crippen molar-refractivity contribution in [1.29, 1.82) is 0 Å². The molecule has 0 aliphatic carbocycles. The number of hydrogen-bond donors (Lipinski definition) is 1. The Morgan fingerprint density at radius 2 is 1.74 bits per heavy atom. The van der Waals surface area contributed by atoms with Gasteiger partial charge in [0.25, 0.3) is 0 Å². The number of pyridine rings is 3. The van der Waals surface area contributed by atoms with E-state index in [0.29, 0.717) is 30.3 Å². The topological polar surface area (TPSA) is 66.4 Å². The van der Waals surface area contributed by atoms with Crippen LogP contribution in [0.1, 0.15) is 24.8 Å². The Labute approximate surface area is 220 Å². The first-order valence-electron chi connectivity index (χ1n) is 13.1. The quantitative estimate of drug-likeness (QED) is 0.357. The molecule has 0 amide bonds. The van der Waals surface area contributed by atoms with Crippen molar-refractivity contribution in [2.24, 2.45) is 0 Å². The van der Waals surface area contributed by atoms with Gasteiger partial charge in [-0.05, 0) is 44.4 Å². The second-order valence-corrected chi connectivity index (χ2v) is 9.79. The average Bonchev–Trinajstić information content (AvgIpc) is 2.95. The van der Waals surface area contributed by atoms with Gasteiger partial charge in [0, 0.05) is 50.1 Å². The van der Waals surface area contributed by atoms with Crippen LogP contribution in [0, 0.1) is 18.6 Å². The highest BCUT2D eigenvalue weighted by Gasteiger charge is 2.23. The van der Waals surface area contributed by atoms with E-state index in [0.717, 1.165) is 67.8 Å². The van der Waals surface area contributed by atoms with Crippen molar-refractivity contribution in [2.75, 3.05) is 54.5 Å². The number of morpholine rings is 1. The molecule has 1 aromatic carbocycles. The SMILES string of the molecule is Cc1c(-c2ccccn2)nc2cc(F)cc(F)c2c1Nc1cc(N2CCOCC2)cnc1N1CCCCC1. The molecule has 0 atom stereocenters. The van der Waals surface area contributed by atoms with Gasteiger partial charge in [-0.1, -0.05) is 6.07 Å². The van der Waals surface area contributed by atoms with E-state index in [1.165, 1.54) is 12.5 Å². The van der Waals surface area contributed by atoms with E-state index >= 15 is 4.39 Å². The molecule has 5 heterocycles. The monoisotopic (exact) mass is 516 g/mol. The summed E-state index contributed by atoms with van der Waals surface area (Å²) in [6.07, 6.45) is 6.99. The lowest BCUT2D eigenvalue weighted by atomic mass is 10.0.